The van der Waals surface area contributed by atoms with Gasteiger partial charge in [0.05, 0.1) is 15.7 Å². The molecule has 0 N–H and O–H groups in total. The van der Waals surface area contributed by atoms with Crippen molar-refractivity contribution in [3.63, 3.8) is 0 Å². The van der Waals surface area contributed by atoms with Crippen LogP contribution in [0, 0.1) is 0 Å². The highest BCUT2D eigenvalue weighted by Crippen LogP contribution is 2.44. The topological polar surface area (TPSA) is 23.4 Å². The van der Waals surface area contributed by atoms with E-state index in [2.05, 4.69) is 150 Å². The van der Waals surface area contributed by atoms with Gasteiger partial charge >= 0.3 is 0 Å². The van der Waals surface area contributed by atoms with Crippen LogP contribution in [0.15, 0.2) is 146 Å². The summed E-state index contributed by atoms with van der Waals surface area (Å²) in [5, 5.41) is 5.04. The van der Waals surface area contributed by atoms with E-state index in [1.165, 1.54) is 52.9 Å². The fourth-order valence-electron chi connectivity index (χ4n) is 7.86. The number of benzene rings is 7. The molecule has 2 aromatic heterocycles. The second-order valence-corrected chi connectivity index (χ2v) is 13.5. The summed E-state index contributed by atoms with van der Waals surface area (Å²) in [7, 11) is 0. The minimum Gasteiger partial charge on any atom is -0.458 e. The molecule has 2 aliphatic heterocycles. The quantitative estimate of drug-likeness (QED) is 0.181. The molecule has 11 rings (SSSR count). The lowest BCUT2D eigenvalue weighted by Gasteiger charge is -2.33. The zero-order valence-electron chi connectivity index (χ0n) is 25.1. The first-order chi connectivity index (χ1) is 23.3. The minimum absolute atomic E-state index is 0.0371. The molecule has 0 fully saturated rings. The summed E-state index contributed by atoms with van der Waals surface area (Å²) >= 11 is 1.81. The fourth-order valence-corrected chi connectivity index (χ4v) is 9.05. The van der Waals surface area contributed by atoms with E-state index >= 15 is 0 Å². The maximum absolute atomic E-state index is 6.95. The summed E-state index contributed by atoms with van der Waals surface area (Å²) in [6.45, 7) is 0.0371. The van der Waals surface area contributed by atoms with Gasteiger partial charge in [0, 0.05) is 37.4 Å². The third kappa shape index (κ3) is 3.52. The van der Waals surface area contributed by atoms with Crippen molar-refractivity contribution in [3.8, 4) is 39.8 Å². The van der Waals surface area contributed by atoms with Gasteiger partial charge in [0.1, 0.15) is 23.0 Å². The summed E-state index contributed by atoms with van der Waals surface area (Å²) in [5.41, 5.74) is 9.19. The lowest BCUT2D eigenvalue weighted by atomic mass is 9.35. The number of hydrogen-bond donors (Lipinski definition) is 0. The van der Waals surface area contributed by atoms with Crippen molar-refractivity contribution < 1.29 is 9.47 Å². The standard InChI is InChI=1S/C42H24BNO2S/c1-5-13-34-28(9-1)29-10-2-6-14-35(29)44(34)27-19-17-25(18-20-27)26-23-37-40-38(24-26)46-41-33(43(40)32-12-4-7-15-36(32)45-37)22-21-31-30-11-3-8-16-39(30)47-42(31)41/h1-24H. The van der Waals surface area contributed by atoms with Crippen molar-refractivity contribution in [2.75, 3.05) is 0 Å². The average molecular weight is 618 g/mol. The van der Waals surface area contributed by atoms with Gasteiger partial charge in [0.2, 0.25) is 0 Å². The molecule has 7 aromatic carbocycles. The van der Waals surface area contributed by atoms with Gasteiger partial charge in [-0.15, -0.1) is 11.3 Å². The summed E-state index contributed by atoms with van der Waals surface area (Å²) < 4.78 is 18.4. The van der Waals surface area contributed by atoms with Crippen LogP contribution in [0.25, 0.3) is 58.8 Å². The van der Waals surface area contributed by atoms with Crippen LogP contribution in [0.4, 0.5) is 0 Å². The fraction of sp³-hybridized carbons (Fsp3) is 0. The van der Waals surface area contributed by atoms with Gasteiger partial charge < -0.3 is 14.0 Å². The molecule has 0 saturated heterocycles. The molecule has 5 heteroatoms. The van der Waals surface area contributed by atoms with Crippen molar-refractivity contribution in [3.05, 3.63) is 146 Å². The van der Waals surface area contributed by atoms with Crippen molar-refractivity contribution >= 4 is 76.4 Å². The second kappa shape index (κ2) is 9.38. The zero-order chi connectivity index (χ0) is 30.6. The largest absolute Gasteiger partial charge is 0.458 e. The Bertz CT molecular complexity index is 2700. The van der Waals surface area contributed by atoms with Crippen LogP contribution < -0.4 is 25.9 Å². The highest BCUT2D eigenvalue weighted by Gasteiger charge is 2.41. The van der Waals surface area contributed by atoms with E-state index in [1.54, 1.807) is 0 Å². The molecule has 0 amide bonds. The number of aromatic nitrogens is 1. The first-order valence-electron chi connectivity index (χ1n) is 16.0. The Hall–Kier alpha value is -5.78. The molecule has 0 aliphatic carbocycles. The number of hydrogen-bond acceptors (Lipinski definition) is 3. The Morgan fingerprint density at radius 2 is 1.15 bits per heavy atom. The summed E-state index contributed by atoms with van der Waals surface area (Å²) in [6.07, 6.45) is 0. The minimum atomic E-state index is 0.0371. The van der Waals surface area contributed by atoms with E-state index in [-0.39, 0.29) is 6.71 Å². The molecule has 0 unspecified atom stereocenters. The van der Waals surface area contributed by atoms with Gasteiger partial charge in [0.25, 0.3) is 6.71 Å². The van der Waals surface area contributed by atoms with Crippen molar-refractivity contribution in [2.24, 2.45) is 0 Å². The predicted molar refractivity (Wildman–Crippen MR) is 197 cm³/mol. The number of rotatable bonds is 2. The van der Waals surface area contributed by atoms with Crippen LogP contribution in [0.3, 0.4) is 0 Å². The van der Waals surface area contributed by atoms with Crippen LogP contribution in [0.2, 0.25) is 0 Å². The molecule has 0 saturated carbocycles. The molecule has 0 atom stereocenters. The van der Waals surface area contributed by atoms with Crippen LogP contribution in [0.5, 0.6) is 23.0 Å². The molecule has 9 aromatic rings. The number of nitrogens with zero attached hydrogens (tertiary/aromatic N) is 1. The van der Waals surface area contributed by atoms with Crippen LogP contribution in [-0.2, 0) is 0 Å². The molecule has 47 heavy (non-hydrogen) atoms. The van der Waals surface area contributed by atoms with E-state index in [9.17, 15) is 0 Å². The monoisotopic (exact) mass is 617 g/mol. The maximum Gasteiger partial charge on any atom is 0.260 e. The molecule has 0 radical (unpaired) electrons. The smallest absolute Gasteiger partial charge is 0.260 e. The van der Waals surface area contributed by atoms with Gasteiger partial charge in [-0.05, 0) is 70.6 Å². The molecule has 3 nitrogen and oxygen atoms in total. The summed E-state index contributed by atoms with van der Waals surface area (Å²) in [4.78, 5) is 0. The first-order valence-corrected chi connectivity index (χ1v) is 16.8. The Balaban J connectivity index is 1.08. The highest BCUT2D eigenvalue weighted by molar-refractivity contribution is 7.26. The molecule has 0 bridgehead atoms. The van der Waals surface area contributed by atoms with Gasteiger partial charge in [-0.3, -0.25) is 0 Å². The molecule has 4 heterocycles. The van der Waals surface area contributed by atoms with Gasteiger partial charge in [-0.1, -0.05) is 97.1 Å². The Labute approximate surface area is 274 Å². The Morgan fingerprint density at radius 3 is 1.94 bits per heavy atom. The van der Waals surface area contributed by atoms with Gasteiger partial charge in [-0.2, -0.15) is 0 Å². The van der Waals surface area contributed by atoms with E-state index in [4.69, 9.17) is 9.47 Å². The SMILES string of the molecule is c1ccc2c(c1)Oc1cc(-c3ccc(-n4c5ccccc5c5ccccc54)cc3)cc3c1B2c1ccc2c(sc4ccccc42)c1O3. The van der Waals surface area contributed by atoms with Crippen LogP contribution in [0.1, 0.15) is 0 Å². The molecular weight excluding hydrogens is 593 g/mol. The van der Waals surface area contributed by atoms with Crippen LogP contribution in [-0.4, -0.2) is 11.3 Å². The molecule has 0 spiro atoms. The lowest BCUT2D eigenvalue weighted by Crippen LogP contribution is -2.57. The van der Waals surface area contributed by atoms with E-state index < -0.39 is 0 Å². The number of ether oxygens (including phenoxy) is 2. The van der Waals surface area contributed by atoms with Crippen molar-refractivity contribution in [1.29, 1.82) is 0 Å². The number of para-hydroxylation sites is 3. The van der Waals surface area contributed by atoms with Crippen molar-refractivity contribution in [1.82, 2.24) is 4.57 Å². The first kappa shape index (κ1) is 25.4. The van der Waals surface area contributed by atoms with E-state index in [0.29, 0.717) is 0 Å². The Kier molecular flexibility index (Phi) is 5.07. The van der Waals surface area contributed by atoms with Crippen LogP contribution >= 0.6 is 11.3 Å². The third-order valence-electron chi connectivity index (χ3n) is 9.94. The predicted octanol–water partition coefficient (Wildman–Crippen LogP) is 9.55. The molecular formula is C42H24BNO2S. The van der Waals surface area contributed by atoms with Gasteiger partial charge in [0.15, 0.2) is 0 Å². The highest BCUT2D eigenvalue weighted by atomic mass is 32.1. The van der Waals surface area contributed by atoms with Gasteiger partial charge in [-0.25, -0.2) is 0 Å². The zero-order valence-corrected chi connectivity index (χ0v) is 25.9. The summed E-state index contributed by atoms with van der Waals surface area (Å²) in [6, 6.07) is 52.1. The molecule has 2 aliphatic rings. The second-order valence-electron chi connectivity index (χ2n) is 12.4. The maximum atomic E-state index is 6.95. The van der Waals surface area contributed by atoms with E-state index in [1.807, 2.05) is 11.3 Å². The number of fused-ring (bicyclic) bond motifs is 11. The molecule has 218 valence electrons. The number of thiophene rings is 1. The normalized spacial score (nSPS) is 13.0. The lowest BCUT2D eigenvalue weighted by molar-refractivity contribution is 0.468. The average Bonchev–Trinajstić information content (AvgIpc) is 3.68. The van der Waals surface area contributed by atoms with E-state index in [0.717, 1.165) is 45.3 Å². The third-order valence-corrected chi connectivity index (χ3v) is 11.1. The Morgan fingerprint density at radius 1 is 0.489 bits per heavy atom. The summed E-state index contributed by atoms with van der Waals surface area (Å²) in [5.74, 6) is 3.58. The van der Waals surface area contributed by atoms with Crippen molar-refractivity contribution in [2.45, 2.75) is 0 Å².